The topological polar surface area (TPSA) is 38.5 Å². The summed E-state index contributed by atoms with van der Waals surface area (Å²) in [7, 11) is 1.69. The van der Waals surface area contributed by atoms with Crippen molar-refractivity contribution in [2.45, 2.75) is 39.3 Å². The van der Waals surface area contributed by atoms with Crippen LogP contribution in [0.5, 0.6) is 0 Å². The number of nitrogens with two attached hydrogens (primary N) is 1. The average molecular weight is 268 g/mol. The van der Waals surface area contributed by atoms with Crippen LogP contribution in [0.3, 0.4) is 0 Å². The van der Waals surface area contributed by atoms with Crippen LogP contribution in [0.1, 0.15) is 26.3 Å². The summed E-state index contributed by atoms with van der Waals surface area (Å²) in [6.07, 6.45) is 0.670. The number of hydrogen-bond acceptors (Lipinski definition) is 3. The number of halogens is 1. The maximum Gasteiger partial charge on any atom is 0.123 e. The molecule has 2 unspecified atom stereocenters. The molecular formula is C15H25FN2O. The van der Waals surface area contributed by atoms with E-state index in [0.717, 1.165) is 17.8 Å². The van der Waals surface area contributed by atoms with Gasteiger partial charge in [-0.05, 0) is 51.0 Å². The van der Waals surface area contributed by atoms with E-state index in [4.69, 9.17) is 10.5 Å². The first-order chi connectivity index (χ1) is 8.99. The van der Waals surface area contributed by atoms with Crippen molar-refractivity contribution in [2.75, 3.05) is 25.2 Å². The summed E-state index contributed by atoms with van der Waals surface area (Å²) in [6.45, 7) is 7.62. The van der Waals surface area contributed by atoms with Crippen molar-refractivity contribution in [1.29, 1.82) is 0 Å². The molecule has 1 rings (SSSR count). The van der Waals surface area contributed by atoms with E-state index < -0.39 is 0 Å². The van der Waals surface area contributed by atoms with Gasteiger partial charge in [-0.25, -0.2) is 4.39 Å². The van der Waals surface area contributed by atoms with E-state index in [-0.39, 0.29) is 17.9 Å². The van der Waals surface area contributed by atoms with Crippen LogP contribution in [0.4, 0.5) is 10.1 Å². The average Bonchev–Trinajstić information content (AvgIpc) is 2.32. The van der Waals surface area contributed by atoms with Gasteiger partial charge < -0.3 is 15.4 Å². The van der Waals surface area contributed by atoms with Crippen molar-refractivity contribution < 1.29 is 9.13 Å². The number of benzene rings is 1. The Kier molecular flexibility index (Phi) is 6.25. The molecule has 108 valence electrons. The highest BCUT2D eigenvalue weighted by Crippen LogP contribution is 2.25. The number of anilines is 1. The van der Waals surface area contributed by atoms with Crippen LogP contribution in [0.15, 0.2) is 18.2 Å². The van der Waals surface area contributed by atoms with Gasteiger partial charge in [-0.1, -0.05) is 0 Å². The maximum atomic E-state index is 13.4. The number of ether oxygens (including phenoxy) is 1. The van der Waals surface area contributed by atoms with Gasteiger partial charge in [-0.2, -0.15) is 0 Å². The van der Waals surface area contributed by atoms with Crippen LogP contribution < -0.4 is 10.6 Å². The second-order valence-corrected chi connectivity index (χ2v) is 5.04. The van der Waals surface area contributed by atoms with Crippen molar-refractivity contribution in [3.63, 3.8) is 0 Å². The molecule has 0 saturated carbocycles. The number of rotatable bonds is 7. The van der Waals surface area contributed by atoms with E-state index in [1.165, 1.54) is 6.07 Å². The monoisotopic (exact) mass is 268 g/mol. The van der Waals surface area contributed by atoms with Gasteiger partial charge in [0.2, 0.25) is 0 Å². The van der Waals surface area contributed by atoms with Crippen LogP contribution >= 0.6 is 0 Å². The minimum Gasteiger partial charge on any atom is -0.383 e. The lowest BCUT2D eigenvalue weighted by Gasteiger charge is -2.32. The fraction of sp³-hybridized carbons (Fsp3) is 0.600. The van der Waals surface area contributed by atoms with E-state index in [0.29, 0.717) is 13.0 Å². The highest BCUT2D eigenvalue weighted by atomic mass is 19.1. The summed E-state index contributed by atoms with van der Waals surface area (Å²) in [6, 6.07) is 5.18. The van der Waals surface area contributed by atoms with Crippen molar-refractivity contribution in [3.05, 3.63) is 29.6 Å². The third-order valence-corrected chi connectivity index (χ3v) is 3.17. The number of hydrogen-bond donors (Lipinski definition) is 1. The zero-order valence-corrected chi connectivity index (χ0v) is 12.3. The molecule has 0 heterocycles. The summed E-state index contributed by atoms with van der Waals surface area (Å²) >= 11 is 0. The summed E-state index contributed by atoms with van der Waals surface area (Å²) in [4.78, 5) is 2.22. The minimum absolute atomic E-state index is 0.0111. The molecule has 1 aromatic carbocycles. The van der Waals surface area contributed by atoms with E-state index in [1.807, 2.05) is 13.0 Å². The van der Waals surface area contributed by atoms with Crippen LogP contribution in [0.2, 0.25) is 0 Å². The lowest BCUT2D eigenvalue weighted by Crippen LogP contribution is -2.37. The molecule has 2 N–H and O–H groups in total. The molecule has 0 amide bonds. The SMILES string of the molecule is CCN(c1ccc(F)cc1CC(C)N)C(C)COC. The Labute approximate surface area is 115 Å². The maximum absolute atomic E-state index is 13.4. The zero-order chi connectivity index (χ0) is 14.4. The summed E-state index contributed by atoms with van der Waals surface area (Å²) in [5.41, 5.74) is 7.86. The third kappa shape index (κ3) is 4.48. The molecule has 0 spiro atoms. The predicted octanol–water partition coefficient (Wildman–Crippen LogP) is 2.58. The third-order valence-electron chi connectivity index (χ3n) is 3.17. The largest absolute Gasteiger partial charge is 0.383 e. The van der Waals surface area contributed by atoms with Gasteiger partial charge in [0.05, 0.1) is 6.61 Å². The first-order valence-electron chi connectivity index (χ1n) is 6.79. The quantitative estimate of drug-likeness (QED) is 0.826. The van der Waals surface area contributed by atoms with Crippen molar-refractivity contribution in [1.82, 2.24) is 0 Å². The van der Waals surface area contributed by atoms with Crippen LogP contribution in [0, 0.1) is 5.82 Å². The molecule has 19 heavy (non-hydrogen) atoms. The molecule has 0 saturated heterocycles. The first kappa shape index (κ1) is 15.9. The van der Waals surface area contributed by atoms with E-state index >= 15 is 0 Å². The molecule has 0 aliphatic heterocycles. The van der Waals surface area contributed by atoms with Crippen LogP contribution in [-0.4, -0.2) is 32.3 Å². The highest BCUT2D eigenvalue weighted by molar-refractivity contribution is 5.55. The Morgan fingerprint density at radius 2 is 2.05 bits per heavy atom. The lowest BCUT2D eigenvalue weighted by atomic mass is 10.0. The van der Waals surface area contributed by atoms with E-state index in [2.05, 4.69) is 18.7 Å². The van der Waals surface area contributed by atoms with Gasteiger partial charge in [0, 0.05) is 31.4 Å². The van der Waals surface area contributed by atoms with Gasteiger partial charge >= 0.3 is 0 Å². The fourth-order valence-electron chi connectivity index (χ4n) is 2.40. The highest BCUT2D eigenvalue weighted by Gasteiger charge is 2.17. The predicted molar refractivity (Wildman–Crippen MR) is 78.1 cm³/mol. The second kappa shape index (κ2) is 7.46. The van der Waals surface area contributed by atoms with Crippen molar-refractivity contribution >= 4 is 5.69 Å². The van der Waals surface area contributed by atoms with Crippen molar-refractivity contribution in [3.8, 4) is 0 Å². The first-order valence-corrected chi connectivity index (χ1v) is 6.79. The zero-order valence-electron chi connectivity index (χ0n) is 12.3. The van der Waals surface area contributed by atoms with Gasteiger partial charge in [0.15, 0.2) is 0 Å². The fourth-order valence-corrected chi connectivity index (χ4v) is 2.40. The molecule has 3 nitrogen and oxygen atoms in total. The number of nitrogens with zero attached hydrogens (tertiary/aromatic N) is 1. The van der Waals surface area contributed by atoms with Crippen LogP contribution in [0.25, 0.3) is 0 Å². The Morgan fingerprint density at radius 3 is 2.58 bits per heavy atom. The molecule has 2 atom stereocenters. The Bertz CT molecular complexity index is 396. The van der Waals surface area contributed by atoms with Gasteiger partial charge in [0.25, 0.3) is 0 Å². The molecule has 1 aromatic rings. The lowest BCUT2D eigenvalue weighted by molar-refractivity contribution is 0.182. The van der Waals surface area contributed by atoms with Crippen LogP contribution in [-0.2, 0) is 11.2 Å². The number of methoxy groups -OCH3 is 1. The minimum atomic E-state index is -0.213. The smallest absolute Gasteiger partial charge is 0.123 e. The normalized spacial score (nSPS) is 14.2. The van der Waals surface area contributed by atoms with Gasteiger partial charge in [0.1, 0.15) is 5.82 Å². The van der Waals surface area contributed by atoms with Crippen molar-refractivity contribution in [2.24, 2.45) is 5.73 Å². The molecule has 0 radical (unpaired) electrons. The van der Waals surface area contributed by atoms with Gasteiger partial charge in [-0.3, -0.25) is 0 Å². The molecule has 0 fully saturated rings. The molecule has 0 bridgehead atoms. The standard InChI is InChI=1S/C15H25FN2O/c1-5-18(12(3)10-19-4)15-7-6-14(16)9-13(15)8-11(2)17/h6-7,9,11-12H,5,8,10,17H2,1-4H3. The Hall–Kier alpha value is -1.13. The molecule has 0 aliphatic rings. The Balaban J connectivity index is 3.07. The molecule has 4 heteroatoms. The Morgan fingerprint density at radius 1 is 1.37 bits per heavy atom. The molecule has 0 aromatic heterocycles. The number of likely N-dealkylation sites (N-methyl/N-ethyl adjacent to an activating group) is 1. The van der Waals surface area contributed by atoms with Gasteiger partial charge in [-0.15, -0.1) is 0 Å². The second-order valence-electron chi connectivity index (χ2n) is 5.04. The summed E-state index contributed by atoms with van der Waals surface area (Å²) in [5.74, 6) is -0.213. The summed E-state index contributed by atoms with van der Waals surface area (Å²) < 4.78 is 18.6. The van der Waals surface area contributed by atoms with E-state index in [9.17, 15) is 4.39 Å². The molecular weight excluding hydrogens is 243 g/mol. The van der Waals surface area contributed by atoms with E-state index in [1.54, 1.807) is 13.2 Å². The summed E-state index contributed by atoms with van der Waals surface area (Å²) in [5, 5.41) is 0. The molecule has 0 aliphatic carbocycles.